The molecule has 3 rings (SSSR count). The smallest absolute Gasteiger partial charge is 0.316 e. The molecule has 25 heavy (non-hydrogen) atoms. The van der Waals surface area contributed by atoms with Gasteiger partial charge in [-0.2, -0.15) is 0 Å². The lowest BCUT2D eigenvalue weighted by Gasteiger charge is -2.22. The molecule has 1 aliphatic rings. The van der Waals surface area contributed by atoms with E-state index in [1.165, 1.54) is 11.8 Å². The van der Waals surface area contributed by atoms with Gasteiger partial charge in [-0.25, -0.2) is 0 Å². The van der Waals surface area contributed by atoms with Crippen LogP contribution in [0.5, 0.6) is 0 Å². The van der Waals surface area contributed by atoms with Crippen LogP contribution in [0.25, 0.3) is 0 Å². The van der Waals surface area contributed by atoms with Gasteiger partial charge >= 0.3 is 11.8 Å². The minimum atomic E-state index is -1.39. The second-order valence-corrected chi connectivity index (χ2v) is 6.74. The van der Waals surface area contributed by atoms with E-state index in [0.29, 0.717) is 18.1 Å². The first-order valence-corrected chi connectivity index (χ1v) is 8.27. The van der Waals surface area contributed by atoms with Crippen molar-refractivity contribution in [1.29, 1.82) is 0 Å². The fourth-order valence-electron chi connectivity index (χ4n) is 3.07. The van der Waals surface area contributed by atoms with Crippen LogP contribution in [-0.4, -0.2) is 30.0 Å². The molecule has 2 aromatic rings. The number of amides is 2. The van der Waals surface area contributed by atoms with Gasteiger partial charge in [-0.3, -0.25) is 9.59 Å². The summed E-state index contributed by atoms with van der Waals surface area (Å²) >= 11 is 0. The molecule has 6 nitrogen and oxygen atoms in total. The van der Waals surface area contributed by atoms with Gasteiger partial charge in [0.25, 0.3) is 0 Å². The van der Waals surface area contributed by atoms with Crippen LogP contribution in [0.1, 0.15) is 36.8 Å². The lowest BCUT2D eigenvalue weighted by Crippen LogP contribution is -2.46. The van der Waals surface area contributed by atoms with Crippen LogP contribution in [0.2, 0.25) is 0 Å². The molecule has 1 aromatic carbocycles. The number of carbonyl (C=O) groups is 2. The molecule has 0 spiro atoms. The molecule has 0 saturated heterocycles. The number of carbonyl (C=O) groups excluding carboxylic acids is 2. The molecule has 2 amide bonds. The summed E-state index contributed by atoms with van der Waals surface area (Å²) in [5.74, 6) is -0.170. The number of aryl methyl sites for hydroxylation is 1. The first kappa shape index (κ1) is 17.2. The second-order valence-electron chi connectivity index (χ2n) is 6.74. The highest BCUT2D eigenvalue weighted by atomic mass is 16.4. The van der Waals surface area contributed by atoms with E-state index in [2.05, 4.69) is 5.32 Å². The average Bonchev–Trinajstić information content (AvgIpc) is 3.17. The molecule has 132 valence electrons. The molecule has 0 bridgehead atoms. The highest BCUT2D eigenvalue weighted by Crippen LogP contribution is 2.35. The van der Waals surface area contributed by atoms with E-state index in [1.807, 2.05) is 31.2 Å². The Morgan fingerprint density at radius 1 is 1.32 bits per heavy atom. The molecule has 0 fully saturated rings. The summed E-state index contributed by atoms with van der Waals surface area (Å²) in [6, 6.07) is 11.0. The summed E-state index contributed by atoms with van der Waals surface area (Å²) < 4.78 is 5.40. The van der Waals surface area contributed by atoms with E-state index in [4.69, 9.17) is 4.42 Å². The van der Waals surface area contributed by atoms with Crippen LogP contribution in [-0.2, 0) is 15.2 Å². The topological polar surface area (TPSA) is 82.8 Å². The van der Waals surface area contributed by atoms with Gasteiger partial charge in [-0.15, -0.1) is 0 Å². The van der Waals surface area contributed by atoms with Crippen molar-refractivity contribution < 1.29 is 19.1 Å². The van der Waals surface area contributed by atoms with Crippen molar-refractivity contribution >= 4 is 17.5 Å². The lowest BCUT2D eigenvalue weighted by atomic mass is 10.0. The third kappa shape index (κ3) is 3.30. The van der Waals surface area contributed by atoms with E-state index in [9.17, 15) is 14.7 Å². The summed E-state index contributed by atoms with van der Waals surface area (Å²) in [4.78, 5) is 26.3. The number of hydrogen-bond donors (Lipinski definition) is 2. The maximum absolute atomic E-state index is 12.5. The summed E-state index contributed by atoms with van der Waals surface area (Å²) in [7, 11) is 0. The predicted molar refractivity (Wildman–Crippen MR) is 93.2 cm³/mol. The largest absolute Gasteiger partial charge is 0.463 e. The molecule has 1 aromatic heterocycles. The molecule has 0 radical (unpaired) electrons. The van der Waals surface area contributed by atoms with Gasteiger partial charge in [0.05, 0.1) is 6.54 Å². The van der Waals surface area contributed by atoms with Gasteiger partial charge in [0, 0.05) is 18.2 Å². The maximum Gasteiger partial charge on any atom is 0.316 e. The summed E-state index contributed by atoms with van der Waals surface area (Å²) in [5.41, 5.74) is 0.436. The molecule has 0 saturated carbocycles. The molecule has 0 aliphatic carbocycles. The van der Waals surface area contributed by atoms with Crippen molar-refractivity contribution in [3.05, 3.63) is 53.5 Å². The number of benzene rings is 1. The number of hydrogen-bond acceptors (Lipinski definition) is 4. The highest BCUT2D eigenvalue weighted by Gasteiger charge is 2.34. The number of fused-ring (bicyclic) bond motifs is 1. The molecule has 2 unspecified atom stereocenters. The van der Waals surface area contributed by atoms with Crippen molar-refractivity contribution in [3.63, 3.8) is 0 Å². The normalized spacial score (nSPS) is 18.6. The molecular weight excluding hydrogens is 320 g/mol. The summed E-state index contributed by atoms with van der Waals surface area (Å²) in [5, 5.41) is 13.0. The van der Waals surface area contributed by atoms with Gasteiger partial charge in [-0.1, -0.05) is 25.1 Å². The van der Waals surface area contributed by atoms with Gasteiger partial charge in [0.1, 0.15) is 17.1 Å². The number of nitrogens with zero attached hydrogens (tertiary/aromatic N) is 1. The number of anilines is 1. The Bertz CT molecular complexity index is 809. The van der Waals surface area contributed by atoms with Crippen molar-refractivity contribution in [3.8, 4) is 0 Å². The van der Waals surface area contributed by atoms with E-state index < -0.39 is 17.4 Å². The standard InChI is InChI=1S/C19H22N2O4/c1-12-10-21(15-7-5-4-6-14(12)15)18(23)17(22)20-11-19(3,24)16-9-8-13(2)25-16/h4-9,12,24H,10-11H2,1-3H3,(H,20,22). The van der Waals surface area contributed by atoms with Gasteiger partial charge < -0.3 is 19.7 Å². The molecule has 6 heteroatoms. The Labute approximate surface area is 146 Å². The zero-order valence-electron chi connectivity index (χ0n) is 14.6. The minimum absolute atomic E-state index is 0.116. The van der Waals surface area contributed by atoms with Crippen LogP contribution in [0.3, 0.4) is 0 Å². The van der Waals surface area contributed by atoms with Crippen molar-refractivity contribution in [2.75, 3.05) is 18.0 Å². The maximum atomic E-state index is 12.5. The summed E-state index contributed by atoms with van der Waals surface area (Å²) in [6.07, 6.45) is 0. The molecule has 1 aliphatic heterocycles. The van der Waals surface area contributed by atoms with Gasteiger partial charge in [-0.05, 0) is 37.6 Å². The Kier molecular flexibility index (Phi) is 4.39. The SMILES string of the molecule is Cc1ccc(C(C)(O)CNC(=O)C(=O)N2CC(C)c3ccccc32)o1. The Morgan fingerprint density at radius 3 is 2.72 bits per heavy atom. The monoisotopic (exact) mass is 342 g/mol. The van der Waals surface area contributed by atoms with E-state index in [-0.39, 0.29) is 12.5 Å². The number of aliphatic hydroxyl groups is 1. The highest BCUT2D eigenvalue weighted by molar-refractivity contribution is 6.40. The van der Waals surface area contributed by atoms with Crippen molar-refractivity contribution in [2.24, 2.45) is 0 Å². The summed E-state index contributed by atoms with van der Waals surface area (Å²) in [6.45, 7) is 5.68. The molecular formula is C19H22N2O4. The number of furan rings is 1. The lowest BCUT2D eigenvalue weighted by molar-refractivity contribution is -0.138. The Balaban J connectivity index is 1.67. The Hall–Kier alpha value is -2.60. The van der Waals surface area contributed by atoms with Crippen LogP contribution in [0.15, 0.2) is 40.8 Å². The second kappa shape index (κ2) is 6.37. The van der Waals surface area contributed by atoms with E-state index in [0.717, 1.165) is 11.3 Å². The molecule has 2 heterocycles. The van der Waals surface area contributed by atoms with Crippen LogP contribution < -0.4 is 10.2 Å². The fourth-order valence-corrected chi connectivity index (χ4v) is 3.07. The molecule has 2 N–H and O–H groups in total. The van der Waals surface area contributed by atoms with Crippen LogP contribution in [0.4, 0.5) is 5.69 Å². The zero-order chi connectivity index (χ0) is 18.2. The quantitative estimate of drug-likeness (QED) is 0.837. The predicted octanol–water partition coefficient (Wildman–Crippen LogP) is 2.06. The Morgan fingerprint density at radius 2 is 2.04 bits per heavy atom. The van der Waals surface area contributed by atoms with Gasteiger partial charge in [0.2, 0.25) is 0 Å². The van der Waals surface area contributed by atoms with Gasteiger partial charge in [0.15, 0.2) is 0 Å². The van der Waals surface area contributed by atoms with E-state index in [1.54, 1.807) is 19.1 Å². The number of rotatable bonds is 3. The van der Waals surface area contributed by atoms with Crippen molar-refractivity contribution in [1.82, 2.24) is 5.32 Å². The van der Waals surface area contributed by atoms with Crippen LogP contribution in [0, 0.1) is 6.92 Å². The number of nitrogens with one attached hydrogen (secondary N) is 1. The third-order valence-corrected chi connectivity index (χ3v) is 4.52. The average molecular weight is 342 g/mol. The minimum Gasteiger partial charge on any atom is -0.463 e. The fraction of sp³-hybridized carbons (Fsp3) is 0.368. The van der Waals surface area contributed by atoms with E-state index >= 15 is 0 Å². The zero-order valence-corrected chi connectivity index (χ0v) is 14.6. The first-order chi connectivity index (χ1) is 11.8. The van der Waals surface area contributed by atoms with Crippen molar-refractivity contribution in [2.45, 2.75) is 32.3 Å². The third-order valence-electron chi connectivity index (χ3n) is 4.52. The van der Waals surface area contributed by atoms with Crippen LogP contribution >= 0.6 is 0 Å². The number of para-hydroxylation sites is 1. The molecule has 2 atom stereocenters. The first-order valence-electron chi connectivity index (χ1n) is 8.27.